The average molecular weight is 449 g/mol. The molecular formula is C22H25FN2O3S2. The smallest absolute Gasteiger partial charge is 0.240 e. The first-order chi connectivity index (χ1) is 14.4. The fraction of sp³-hybridized carbons (Fsp3) is 0.409. The zero-order valence-electron chi connectivity index (χ0n) is 16.6. The van der Waals surface area contributed by atoms with Crippen LogP contribution in [0.25, 0.3) is 0 Å². The molecule has 8 heteroatoms. The number of aryl methyl sites for hydroxylation is 2. The van der Waals surface area contributed by atoms with Crippen LogP contribution in [0.2, 0.25) is 0 Å². The van der Waals surface area contributed by atoms with E-state index in [1.807, 2.05) is 6.07 Å². The Morgan fingerprint density at radius 3 is 2.73 bits per heavy atom. The maximum atomic E-state index is 13.6. The van der Waals surface area contributed by atoms with Gasteiger partial charge in [-0.25, -0.2) is 17.5 Å². The van der Waals surface area contributed by atoms with E-state index in [0.29, 0.717) is 6.42 Å². The highest BCUT2D eigenvalue weighted by atomic mass is 32.2. The van der Waals surface area contributed by atoms with Gasteiger partial charge in [-0.1, -0.05) is 6.07 Å². The van der Waals surface area contributed by atoms with Crippen molar-refractivity contribution in [1.82, 2.24) is 10.0 Å². The number of halogens is 1. The Hall–Kier alpha value is -1.90. The van der Waals surface area contributed by atoms with Gasteiger partial charge in [-0.15, -0.1) is 11.8 Å². The Balaban J connectivity index is 1.33. The molecule has 1 atom stereocenters. The Bertz CT molecular complexity index is 1060. The number of hydrogen-bond donors (Lipinski definition) is 2. The second-order valence-corrected chi connectivity index (χ2v) is 10.6. The summed E-state index contributed by atoms with van der Waals surface area (Å²) in [5.41, 5.74) is 3.11. The van der Waals surface area contributed by atoms with Gasteiger partial charge in [0, 0.05) is 23.6 Å². The van der Waals surface area contributed by atoms with Crippen LogP contribution in [0.3, 0.4) is 0 Å². The lowest BCUT2D eigenvalue weighted by atomic mass is 9.92. The van der Waals surface area contributed by atoms with Crippen LogP contribution < -0.4 is 10.0 Å². The van der Waals surface area contributed by atoms with Gasteiger partial charge in [0.05, 0.1) is 10.9 Å². The summed E-state index contributed by atoms with van der Waals surface area (Å²) in [6.07, 6.45) is 4.87. The fourth-order valence-corrected chi connectivity index (χ4v) is 6.23. The molecule has 0 bridgehead atoms. The Kier molecular flexibility index (Phi) is 6.46. The Labute approximate surface area is 180 Å². The number of fused-ring (bicyclic) bond motifs is 2. The third-order valence-electron chi connectivity index (χ3n) is 5.62. The normalized spacial score (nSPS) is 18.4. The van der Waals surface area contributed by atoms with E-state index in [4.69, 9.17) is 0 Å². The summed E-state index contributed by atoms with van der Waals surface area (Å²) in [4.78, 5) is 13.6. The minimum atomic E-state index is -3.66. The van der Waals surface area contributed by atoms with Crippen molar-refractivity contribution < 1.29 is 17.6 Å². The third-order valence-corrected chi connectivity index (χ3v) is 8.20. The van der Waals surface area contributed by atoms with Gasteiger partial charge >= 0.3 is 0 Å². The third kappa shape index (κ3) is 4.87. The van der Waals surface area contributed by atoms with E-state index < -0.39 is 10.0 Å². The number of hydrogen-bond acceptors (Lipinski definition) is 4. The number of sulfonamides is 1. The number of carbonyl (C=O) groups excluding carboxylic acids is 1. The summed E-state index contributed by atoms with van der Waals surface area (Å²) < 4.78 is 41.3. The van der Waals surface area contributed by atoms with Gasteiger partial charge < -0.3 is 5.32 Å². The zero-order valence-corrected chi connectivity index (χ0v) is 18.3. The molecule has 0 saturated carbocycles. The van der Waals surface area contributed by atoms with Crippen LogP contribution >= 0.6 is 11.8 Å². The molecule has 5 nitrogen and oxygen atoms in total. The van der Waals surface area contributed by atoms with Crippen molar-refractivity contribution in [1.29, 1.82) is 0 Å². The van der Waals surface area contributed by atoms with Crippen molar-refractivity contribution >= 4 is 27.7 Å². The monoisotopic (exact) mass is 448 g/mol. The highest BCUT2D eigenvalue weighted by Crippen LogP contribution is 2.36. The first-order valence-electron chi connectivity index (χ1n) is 10.3. The Morgan fingerprint density at radius 1 is 1.10 bits per heavy atom. The minimum absolute atomic E-state index is 0.0166. The van der Waals surface area contributed by atoms with E-state index in [-0.39, 0.29) is 35.6 Å². The molecule has 0 spiro atoms. The van der Waals surface area contributed by atoms with E-state index in [1.165, 1.54) is 17.7 Å². The second kappa shape index (κ2) is 9.08. The summed E-state index contributed by atoms with van der Waals surface area (Å²) >= 11 is 1.65. The summed E-state index contributed by atoms with van der Waals surface area (Å²) in [5, 5.41) is 2.92. The van der Waals surface area contributed by atoms with Crippen LogP contribution in [0.4, 0.5) is 4.39 Å². The predicted molar refractivity (Wildman–Crippen MR) is 116 cm³/mol. The van der Waals surface area contributed by atoms with Crippen molar-refractivity contribution in [2.24, 2.45) is 0 Å². The lowest BCUT2D eigenvalue weighted by molar-refractivity contribution is -0.121. The lowest BCUT2D eigenvalue weighted by Gasteiger charge is -2.26. The molecule has 0 radical (unpaired) electrons. The van der Waals surface area contributed by atoms with Crippen molar-refractivity contribution in [3.8, 4) is 0 Å². The molecule has 0 fully saturated rings. The van der Waals surface area contributed by atoms with Crippen molar-refractivity contribution in [3.05, 3.63) is 58.9 Å². The number of nitrogens with one attached hydrogen (secondary N) is 2. The molecule has 1 amide bonds. The minimum Gasteiger partial charge on any atom is -0.349 e. The van der Waals surface area contributed by atoms with Crippen LogP contribution in [-0.4, -0.2) is 26.6 Å². The van der Waals surface area contributed by atoms with E-state index in [9.17, 15) is 17.6 Å². The molecule has 0 aromatic heterocycles. The van der Waals surface area contributed by atoms with Gasteiger partial charge in [-0.2, -0.15) is 0 Å². The van der Waals surface area contributed by atoms with Gasteiger partial charge in [0.25, 0.3) is 0 Å². The van der Waals surface area contributed by atoms with Crippen molar-refractivity contribution in [2.45, 2.75) is 54.4 Å². The number of thioether (sulfide) groups is 1. The standard InChI is InChI=1S/C22H25FN2O3S2/c23-17-6-8-21-19(14-17)20(10-12-29-21)25-22(26)9-11-24-30(27,28)18-7-5-15-3-1-2-4-16(15)13-18/h5-8,13-14,20,24H,1-4,9-12H2,(H,25,26). The number of carbonyl (C=O) groups is 1. The topological polar surface area (TPSA) is 75.3 Å². The van der Waals surface area contributed by atoms with Gasteiger partial charge in [0.2, 0.25) is 15.9 Å². The summed E-state index contributed by atoms with van der Waals surface area (Å²) in [7, 11) is -3.66. The molecule has 1 aliphatic carbocycles. The van der Waals surface area contributed by atoms with Crippen LogP contribution in [0.15, 0.2) is 46.2 Å². The molecule has 1 unspecified atom stereocenters. The van der Waals surface area contributed by atoms with Crippen LogP contribution in [0.5, 0.6) is 0 Å². The van der Waals surface area contributed by atoms with E-state index >= 15 is 0 Å². The maximum Gasteiger partial charge on any atom is 0.240 e. The summed E-state index contributed by atoms with van der Waals surface area (Å²) in [6, 6.07) is 9.66. The highest BCUT2D eigenvalue weighted by molar-refractivity contribution is 7.99. The van der Waals surface area contributed by atoms with Crippen molar-refractivity contribution in [3.63, 3.8) is 0 Å². The van der Waals surface area contributed by atoms with Gasteiger partial charge in [-0.05, 0) is 79.1 Å². The quantitative estimate of drug-likeness (QED) is 0.706. The molecule has 1 aliphatic heterocycles. The van der Waals surface area contributed by atoms with E-state index in [0.717, 1.165) is 47.5 Å². The largest absolute Gasteiger partial charge is 0.349 e. The highest BCUT2D eigenvalue weighted by Gasteiger charge is 2.23. The average Bonchev–Trinajstić information content (AvgIpc) is 2.73. The zero-order chi connectivity index (χ0) is 21.1. The molecule has 1 heterocycles. The molecule has 2 N–H and O–H groups in total. The van der Waals surface area contributed by atoms with Crippen LogP contribution in [0.1, 0.15) is 48.4 Å². The first kappa shape index (κ1) is 21.3. The van der Waals surface area contributed by atoms with Gasteiger partial charge in [0.1, 0.15) is 5.82 Å². The molecule has 4 rings (SSSR count). The lowest BCUT2D eigenvalue weighted by Crippen LogP contribution is -2.34. The summed E-state index contributed by atoms with van der Waals surface area (Å²) in [6.45, 7) is 0.0166. The summed E-state index contributed by atoms with van der Waals surface area (Å²) in [5.74, 6) is 0.262. The Morgan fingerprint density at radius 2 is 1.90 bits per heavy atom. The molecule has 2 aromatic rings. The van der Waals surface area contributed by atoms with Gasteiger partial charge in [-0.3, -0.25) is 4.79 Å². The second-order valence-electron chi connectivity index (χ2n) is 7.72. The number of rotatable bonds is 6. The van der Waals surface area contributed by atoms with E-state index in [2.05, 4.69) is 10.0 Å². The first-order valence-corrected chi connectivity index (χ1v) is 12.7. The SMILES string of the molecule is O=C(CCNS(=O)(=O)c1ccc2c(c1)CCCC2)NC1CCSc2ccc(F)cc21. The molecule has 30 heavy (non-hydrogen) atoms. The molecular weight excluding hydrogens is 423 g/mol. The maximum absolute atomic E-state index is 13.6. The van der Waals surface area contributed by atoms with Crippen LogP contribution in [0, 0.1) is 5.82 Å². The van der Waals surface area contributed by atoms with Crippen molar-refractivity contribution in [2.75, 3.05) is 12.3 Å². The number of benzene rings is 2. The fourth-order valence-electron chi connectivity index (χ4n) is 4.04. The molecule has 2 aromatic carbocycles. The van der Waals surface area contributed by atoms with Gasteiger partial charge in [0.15, 0.2) is 0 Å². The van der Waals surface area contributed by atoms with E-state index in [1.54, 1.807) is 30.0 Å². The predicted octanol–water partition coefficient (Wildman–Crippen LogP) is 3.73. The molecule has 0 saturated heterocycles. The molecule has 2 aliphatic rings. The van der Waals surface area contributed by atoms with Crippen LogP contribution in [-0.2, 0) is 27.7 Å². The number of amides is 1. The molecule has 160 valence electrons.